The number of rotatable bonds is 7. The first-order chi connectivity index (χ1) is 9.89. The minimum Gasteiger partial charge on any atom is -0.355 e. The minimum atomic E-state index is -3.16. The predicted octanol–water partition coefficient (Wildman–Crippen LogP) is 0.650. The molecule has 0 unspecified atom stereocenters. The van der Waals surface area contributed by atoms with Gasteiger partial charge in [0.15, 0.2) is 0 Å². The van der Waals surface area contributed by atoms with Crippen LogP contribution in [-0.2, 0) is 14.8 Å². The Morgan fingerprint density at radius 3 is 2.29 bits per heavy atom. The van der Waals surface area contributed by atoms with Crippen molar-refractivity contribution < 1.29 is 13.2 Å². The molecular weight excluding hydrogens is 290 g/mol. The van der Waals surface area contributed by atoms with E-state index in [9.17, 15) is 13.2 Å². The quantitative estimate of drug-likeness (QED) is 0.748. The van der Waals surface area contributed by atoms with E-state index in [1.54, 1.807) is 0 Å². The highest BCUT2D eigenvalue weighted by molar-refractivity contribution is 7.88. The Hall–Kier alpha value is -0.660. The van der Waals surface area contributed by atoms with Crippen molar-refractivity contribution >= 4 is 15.9 Å². The predicted molar refractivity (Wildman–Crippen MR) is 84.6 cm³/mol. The third-order valence-electron chi connectivity index (χ3n) is 3.92. The molecule has 1 rings (SSSR count). The summed E-state index contributed by atoms with van der Waals surface area (Å²) >= 11 is 0. The number of carbonyl (C=O) groups is 1. The molecule has 1 aliphatic rings. The lowest BCUT2D eigenvalue weighted by Crippen LogP contribution is -2.37. The number of hydrogen-bond acceptors (Lipinski definition) is 4. The van der Waals surface area contributed by atoms with Gasteiger partial charge < -0.3 is 10.2 Å². The van der Waals surface area contributed by atoms with Gasteiger partial charge >= 0.3 is 0 Å². The number of likely N-dealkylation sites (N-methyl/N-ethyl adjacent to an activating group) is 1. The fraction of sp³-hybridized carbons (Fsp3) is 0.929. The van der Waals surface area contributed by atoms with E-state index in [1.165, 1.54) is 43.5 Å². The SMILES string of the molecule is CN(CCNC(=O)CCN1CCCCCCC1)S(C)(=O)=O. The van der Waals surface area contributed by atoms with E-state index in [0.717, 1.165) is 25.9 Å². The van der Waals surface area contributed by atoms with E-state index in [2.05, 4.69) is 10.2 Å². The van der Waals surface area contributed by atoms with Gasteiger partial charge in [-0.1, -0.05) is 19.3 Å². The summed E-state index contributed by atoms with van der Waals surface area (Å²) in [6, 6.07) is 0. The molecule has 0 bridgehead atoms. The maximum atomic E-state index is 11.8. The van der Waals surface area contributed by atoms with Crippen LogP contribution in [0.15, 0.2) is 0 Å². The number of sulfonamides is 1. The molecule has 1 aliphatic heterocycles. The summed E-state index contributed by atoms with van der Waals surface area (Å²) < 4.78 is 23.7. The highest BCUT2D eigenvalue weighted by Crippen LogP contribution is 2.10. The summed E-state index contributed by atoms with van der Waals surface area (Å²) in [4.78, 5) is 14.1. The van der Waals surface area contributed by atoms with Gasteiger partial charge in [0, 0.05) is 33.1 Å². The van der Waals surface area contributed by atoms with Gasteiger partial charge in [-0.05, 0) is 25.9 Å². The van der Waals surface area contributed by atoms with Crippen LogP contribution in [0.2, 0.25) is 0 Å². The van der Waals surface area contributed by atoms with E-state index in [1.807, 2.05) is 0 Å². The van der Waals surface area contributed by atoms with Crippen molar-refractivity contribution in [3.63, 3.8) is 0 Å². The number of amides is 1. The van der Waals surface area contributed by atoms with Crippen molar-refractivity contribution in [3.8, 4) is 0 Å². The van der Waals surface area contributed by atoms with Gasteiger partial charge in [-0.25, -0.2) is 12.7 Å². The van der Waals surface area contributed by atoms with Crippen LogP contribution in [0.1, 0.15) is 38.5 Å². The zero-order chi connectivity index (χ0) is 15.7. The molecule has 0 aliphatic carbocycles. The van der Waals surface area contributed by atoms with Gasteiger partial charge in [-0.15, -0.1) is 0 Å². The first-order valence-corrected chi connectivity index (χ1v) is 9.65. The van der Waals surface area contributed by atoms with E-state index < -0.39 is 10.0 Å². The van der Waals surface area contributed by atoms with Gasteiger partial charge in [0.2, 0.25) is 15.9 Å². The molecule has 0 saturated carbocycles. The fourth-order valence-electron chi connectivity index (χ4n) is 2.40. The van der Waals surface area contributed by atoms with E-state index in [-0.39, 0.29) is 5.91 Å². The number of hydrogen-bond donors (Lipinski definition) is 1. The third-order valence-corrected chi connectivity index (χ3v) is 5.23. The number of nitrogens with one attached hydrogen (secondary N) is 1. The largest absolute Gasteiger partial charge is 0.355 e. The van der Waals surface area contributed by atoms with Crippen LogP contribution in [0.5, 0.6) is 0 Å². The second-order valence-corrected chi connectivity index (χ2v) is 7.88. The maximum absolute atomic E-state index is 11.8. The Labute approximate surface area is 128 Å². The minimum absolute atomic E-state index is 0.000963. The Kier molecular flexibility index (Phi) is 8.21. The zero-order valence-corrected chi connectivity index (χ0v) is 14.1. The van der Waals surface area contributed by atoms with Crippen LogP contribution in [-0.4, -0.2) is 69.6 Å². The smallest absolute Gasteiger partial charge is 0.221 e. The Morgan fingerprint density at radius 1 is 1.14 bits per heavy atom. The molecule has 7 heteroatoms. The summed E-state index contributed by atoms with van der Waals surface area (Å²) in [6.45, 7) is 3.65. The second kappa shape index (κ2) is 9.38. The lowest BCUT2D eigenvalue weighted by Gasteiger charge is -2.24. The molecule has 0 radical (unpaired) electrons. The van der Waals surface area contributed by atoms with Crippen molar-refractivity contribution in [2.75, 3.05) is 46.0 Å². The van der Waals surface area contributed by atoms with Crippen molar-refractivity contribution in [2.24, 2.45) is 0 Å². The molecule has 1 saturated heterocycles. The molecule has 1 N–H and O–H groups in total. The van der Waals surface area contributed by atoms with Crippen LogP contribution in [0.25, 0.3) is 0 Å². The number of carbonyl (C=O) groups excluding carboxylic acids is 1. The number of nitrogens with zero attached hydrogens (tertiary/aromatic N) is 2. The molecule has 6 nitrogen and oxygen atoms in total. The Balaban J connectivity index is 2.15. The Bertz CT molecular complexity index is 404. The molecule has 0 aromatic rings. The van der Waals surface area contributed by atoms with Crippen molar-refractivity contribution in [3.05, 3.63) is 0 Å². The van der Waals surface area contributed by atoms with Gasteiger partial charge in [0.1, 0.15) is 0 Å². The summed E-state index contributed by atoms with van der Waals surface area (Å²) in [6.07, 6.45) is 8.02. The molecule has 1 fully saturated rings. The highest BCUT2D eigenvalue weighted by Gasteiger charge is 2.12. The van der Waals surface area contributed by atoms with Gasteiger partial charge in [0.25, 0.3) is 0 Å². The van der Waals surface area contributed by atoms with Gasteiger partial charge in [-0.2, -0.15) is 0 Å². The topological polar surface area (TPSA) is 69.7 Å². The molecule has 0 atom stereocenters. The molecule has 1 heterocycles. The van der Waals surface area contributed by atoms with Crippen molar-refractivity contribution in [2.45, 2.75) is 38.5 Å². The maximum Gasteiger partial charge on any atom is 0.221 e. The van der Waals surface area contributed by atoms with Crippen LogP contribution in [0.4, 0.5) is 0 Å². The van der Waals surface area contributed by atoms with Gasteiger partial charge in [0.05, 0.1) is 6.26 Å². The third kappa shape index (κ3) is 8.38. The summed E-state index contributed by atoms with van der Waals surface area (Å²) in [5.74, 6) is -0.000963. The van der Waals surface area contributed by atoms with Crippen molar-refractivity contribution in [1.29, 1.82) is 0 Å². The van der Waals surface area contributed by atoms with Crippen LogP contribution in [0, 0.1) is 0 Å². The normalized spacial score (nSPS) is 18.2. The average molecular weight is 319 g/mol. The molecule has 0 aromatic heterocycles. The first kappa shape index (κ1) is 18.4. The van der Waals surface area contributed by atoms with E-state index in [0.29, 0.717) is 19.5 Å². The van der Waals surface area contributed by atoms with Gasteiger partial charge in [-0.3, -0.25) is 4.79 Å². The fourth-order valence-corrected chi connectivity index (χ4v) is 2.83. The lowest BCUT2D eigenvalue weighted by molar-refractivity contribution is -0.121. The van der Waals surface area contributed by atoms with Crippen LogP contribution in [0.3, 0.4) is 0 Å². The zero-order valence-electron chi connectivity index (χ0n) is 13.3. The molecule has 124 valence electrons. The standard InChI is InChI=1S/C14H29N3O3S/c1-16(21(2,19)20)13-9-15-14(18)8-12-17-10-6-4-3-5-7-11-17/h3-13H2,1-2H3,(H,15,18). The Morgan fingerprint density at radius 2 is 1.71 bits per heavy atom. The number of likely N-dealkylation sites (tertiary alicyclic amines) is 1. The highest BCUT2D eigenvalue weighted by atomic mass is 32.2. The van der Waals surface area contributed by atoms with E-state index >= 15 is 0 Å². The van der Waals surface area contributed by atoms with Crippen LogP contribution >= 0.6 is 0 Å². The molecule has 1 amide bonds. The second-order valence-electron chi connectivity index (χ2n) is 5.79. The molecule has 21 heavy (non-hydrogen) atoms. The van der Waals surface area contributed by atoms with Crippen molar-refractivity contribution in [1.82, 2.24) is 14.5 Å². The monoisotopic (exact) mass is 319 g/mol. The average Bonchev–Trinajstić information content (AvgIpc) is 2.36. The first-order valence-electron chi connectivity index (χ1n) is 7.80. The molecule has 0 spiro atoms. The summed E-state index contributed by atoms with van der Waals surface area (Å²) in [7, 11) is -1.65. The van der Waals surface area contributed by atoms with Crippen LogP contribution < -0.4 is 5.32 Å². The summed E-state index contributed by atoms with van der Waals surface area (Å²) in [5, 5.41) is 2.78. The van der Waals surface area contributed by atoms with E-state index in [4.69, 9.17) is 0 Å². The summed E-state index contributed by atoms with van der Waals surface area (Å²) in [5.41, 5.74) is 0. The lowest BCUT2D eigenvalue weighted by atomic mass is 10.1. The molecular formula is C14H29N3O3S. The molecule has 0 aromatic carbocycles.